The van der Waals surface area contributed by atoms with E-state index >= 15 is 0 Å². The zero-order valence-electron chi connectivity index (χ0n) is 12.5. The molecule has 0 aliphatic heterocycles. The van der Waals surface area contributed by atoms with Gasteiger partial charge in [0.1, 0.15) is 4.90 Å². The monoisotopic (exact) mass is 324 g/mol. The summed E-state index contributed by atoms with van der Waals surface area (Å²) in [5.41, 5.74) is 1.87. The van der Waals surface area contributed by atoms with E-state index in [9.17, 15) is 8.42 Å². The molecule has 21 heavy (non-hydrogen) atoms. The van der Waals surface area contributed by atoms with Crippen LogP contribution in [0.2, 0.25) is 0 Å². The summed E-state index contributed by atoms with van der Waals surface area (Å²) in [5.74, 6) is 0. The lowest BCUT2D eigenvalue weighted by molar-refractivity contribution is 0.593. The molecule has 1 N–H and O–H groups in total. The number of sulfonamides is 1. The van der Waals surface area contributed by atoms with Gasteiger partial charge in [0.25, 0.3) is 10.0 Å². The summed E-state index contributed by atoms with van der Waals surface area (Å²) in [5, 5.41) is 4.82. The van der Waals surface area contributed by atoms with Crippen LogP contribution in [0.5, 0.6) is 0 Å². The fourth-order valence-corrected chi connectivity index (χ4v) is 4.70. The van der Waals surface area contributed by atoms with Crippen LogP contribution in [-0.2, 0) is 23.0 Å². The number of nitrogens with zero attached hydrogens (tertiary/aromatic N) is 1. The minimum Gasteiger partial charge on any atom is -0.315 e. The zero-order chi connectivity index (χ0) is 15.5. The second-order valence-electron chi connectivity index (χ2n) is 4.73. The quantitative estimate of drug-likeness (QED) is 0.889. The predicted octanol–water partition coefficient (Wildman–Crippen LogP) is 2.86. The van der Waals surface area contributed by atoms with Crippen LogP contribution < -0.4 is 9.62 Å². The van der Waals surface area contributed by atoms with Crippen LogP contribution in [0, 0.1) is 0 Å². The zero-order valence-corrected chi connectivity index (χ0v) is 14.1. The molecule has 2 rings (SSSR count). The molecule has 0 saturated carbocycles. The standard InChI is InChI=1S/C15H20N2O2S2/c1-4-12-5-7-13(8-6-12)17(3)21(18,19)15-9-10-20-14(15)11-16-2/h5-10,16H,4,11H2,1-3H3. The Morgan fingerprint density at radius 2 is 1.86 bits per heavy atom. The van der Waals surface area contributed by atoms with E-state index in [-0.39, 0.29) is 0 Å². The minimum absolute atomic E-state index is 0.379. The Hall–Kier alpha value is -1.37. The third kappa shape index (κ3) is 3.28. The number of thiophene rings is 1. The number of rotatable bonds is 6. The van der Waals surface area contributed by atoms with E-state index in [1.165, 1.54) is 21.2 Å². The highest BCUT2D eigenvalue weighted by Crippen LogP contribution is 2.28. The van der Waals surface area contributed by atoms with Gasteiger partial charge in [-0.3, -0.25) is 4.31 Å². The third-order valence-electron chi connectivity index (χ3n) is 3.39. The molecule has 0 bridgehead atoms. The van der Waals surface area contributed by atoms with Crippen LogP contribution in [0.4, 0.5) is 5.69 Å². The smallest absolute Gasteiger partial charge is 0.265 e. The molecular formula is C15H20N2O2S2. The highest BCUT2D eigenvalue weighted by molar-refractivity contribution is 7.93. The lowest BCUT2D eigenvalue weighted by Crippen LogP contribution is -2.27. The molecule has 0 aliphatic carbocycles. The topological polar surface area (TPSA) is 49.4 Å². The average Bonchev–Trinajstić information content (AvgIpc) is 2.96. The highest BCUT2D eigenvalue weighted by atomic mass is 32.2. The maximum Gasteiger partial charge on any atom is 0.265 e. The second-order valence-corrected chi connectivity index (χ2v) is 7.67. The van der Waals surface area contributed by atoms with Crippen LogP contribution in [0.3, 0.4) is 0 Å². The summed E-state index contributed by atoms with van der Waals surface area (Å²) in [7, 11) is -0.114. The summed E-state index contributed by atoms with van der Waals surface area (Å²) in [6.07, 6.45) is 0.938. The van der Waals surface area contributed by atoms with Gasteiger partial charge in [-0.25, -0.2) is 8.42 Å². The first kappa shape index (κ1) is 16.0. The lowest BCUT2D eigenvalue weighted by Gasteiger charge is -2.20. The van der Waals surface area contributed by atoms with Crippen LogP contribution in [0.25, 0.3) is 0 Å². The molecule has 1 aromatic carbocycles. The molecule has 0 radical (unpaired) electrons. The molecular weight excluding hydrogens is 304 g/mol. The Bertz CT molecular complexity index is 691. The Morgan fingerprint density at radius 1 is 1.19 bits per heavy atom. The van der Waals surface area contributed by atoms with Crippen molar-refractivity contribution < 1.29 is 8.42 Å². The summed E-state index contributed by atoms with van der Waals surface area (Å²) in [6.45, 7) is 2.62. The first-order valence-electron chi connectivity index (χ1n) is 6.79. The number of hydrogen-bond donors (Lipinski definition) is 1. The maximum atomic E-state index is 12.7. The van der Waals surface area contributed by atoms with E-state index < -0.39 is 10.0 Å². The molecule has 0 atom stereocenters. The van der Waals surface area contributed by atoms with Crippen molar-refractivity contribution in [3.05, 3.63) is 46.2 Å². The van der Waals surface area contributed by atoms with Crippen molar-refractivity contribution >= 4 is 27.0 Å². The number of nitrogens with one attached hydrogen (secondary N) is 1. The van der Waals surface area contributed by atoms with Crippen LogP contribution in [0.15, 0.2) is 40.6 Å². The fraction of sp³-hybridized carbons (Fsp3) is 0.333. The SMILES string of the molecule is CCc1ccc(N(C)S(=O)(=O)c2ccsc2CNC)cc1. The molecule has 2 aromatic rings. The van der Waals surface area contributed by atoms with Gasteiger partial charge < -0.3 is 5.32 Å². The van der Waals surface area contributed by atoms with Crippen molar-refractivity contribution in [2.75, 3.05) is 18.4 Å². The van der Waals surface area contributed by atoms with Crippen molar-refractivity contribution in [2.24, 2.45) is 0 Å². The fourth-order valence-electron chi connectivity index (χ4n) is 2.08. The molecule has 0 spiro atoms. The minimum atomic E-state index is -3.52. The van der Waals surface area contributed by atoms with Gasteiger partial charge in [0, 0.05) is 18.5 Å². The molecule has 0 amide bonds. The number of aryl methyl sites for hydroxylation is 1. The number of hydrogen-bond acceptors (Lipinski definition) is 4. The second kappa shape index (κ2) is 6.60. The van der Waals surface area contributed by atoms with Crippen molar-refractivity contribution in [2.45, 2.75) is 24.8 Å². The van der Waals surface area contributed by atoms with E-state index in [1.807, 2.05) is 36.7 Å². The van der Waals surface area contributed by atoms with Gasteiger partial charge in [0.15, 0.2) is 0 Å². The Balaban J connectivity index is 2.35. The van der Waals surface area contributed by atoms with Crippen molar-refractivity contribution in [1.29, 1.82) is 0 Å². The van der Waals surface area contributed by atoms with E-state index in [1.54, 1.807) is 13.1 Å². The number of anilines is 1. The summed E-state index contributed by atoms with van der Waals surface area (Å²) >= 11 is 1.45. The molecule has 6 heteroatoms. The lowest BCUT2D eigenvalue weighted by atomic mass is 10.1. The first-order chi connectivity index (χ1) is 10.0. The summed E-state index contributed by atoms with van der Waals surface area (Å²) in [4.78, 5) is 1.21. The molecule has 0 saturated heterocycles. The van der Waals surface area contributed by atoms with E-state index in [0.717, 1.165) is 11.3 Å². The first-order valence-corrected chi connectivity index (χ1v) is 9.11. The summed E-state index contributed by atoms with van der Waals surface area (Å²) in [6, 6.07) is 9.29. The molecule has 114 valence electrons. The Kier molecular flexibility index (Phi) is 5.03. The van der Waals surface area contributed by atoms with Gasteiger partial charge in [-0.2, -0.15) is 0 Å². The Morgan fingerprint density at radius 3 is 2.43 bits per heavy atom. The average molecular weight is 324 g/mol. The maximum absolute atomic E-state index is 12.7. The molecule has 0 aliphatic rings. The van der Waals surface area contributed by atoms with Crippen LogP contribution in [0.1, 0.15) is 17.4 Å². The van der Waals surface area contributed by atoms with Crippen molar-refractivity contribution in [1.82, 2.24) is 5.32 Å². The molecule has 0 fully saturated rings. The van der Waals surface area contributed by atoms with E-state index in [0.29, 0.717) is 17.1 Å². The Labute approximate surface area is 130 Å². The van der Waals surface area contributed by atoms with Gasteiger partial charge in [0.05, 0.1) is 5.69 Å². The summed E-state index contributed by atoms with van der Waals surface area (Å²) < 4.78 is 26.8. The molecule has 4 nitrogen and oxygen atoms in total. The third-order valence-corrected chi connectivity index (χ3v) is 6.31. The van der Waals surface area contributed by atoms with Crippen molar-refractivity contribution in [3.63, 3.8) is 0 Å². The van der Waals surface area contributed by atoms with E-state index in [4.69, 9.17) is 0 Å². The van der Waals surface area contributed by atoms with Crippen LogP contribution >= 0.6 is 11.3 Å². The van der Waals surface area contributed by atoms with Gasteiger partial charge in [-0.05, 0) is 42.6 Å². The van der Waals surface area contributed by atoms with Gasteiger partial charge in [-0.15, -0.1) is 11.3 Å². The van der Waals surface area contributed by atoms with Crippen molar-refractivity contribution in [3.8, 4) is 0 Å². The largest absolute Gasteiger partial charge is 0.315 e. The highest BCUT2D eigenvalue weighted by Gasteiger charge is 2.25. The normalized spacial score (nSPS) is 11.6. The van der Waals surface area contributed by atoms with Gasteiger partial charge >= 0.3 is 0 Å². The molecule has 1 aromatic heterocycles. The predicted molar refractivity (Wildman–Crippen MR) is 88.5 cm³/mol. The van der Waals surface area contributed by atoms with E-state index in [2.05, 4.69) is 12.2 Å². The van der Waals surface area contributed by atoms with Gasteiger partial charge in [-0.1, -0.05) is 19.1 Å². The molecule has 0 unspecified atom stereocenters. The molecule has 1 heterocycles. The van der Waals surface area contributed by atoms with Crippen LogP contribution in [-0.4, -0.2) is 22.5 Å². The number of benzene rings is 1. The van der Waals surface area contributed by atoms with Gasteiger partial charge in [0.2, 0.25) is 0 Å².